The van der Waals surface area contributed by atoms with Gasteiger partial charge in [-0.1, -0.05) is 58.5 Å². The van der Waals surface area contributed by atoms with E-state index in [1.807, 2.05) is 37.3 Å². The molecule has 1 heterocycles. The van der Waals surface area contributed by atoms with E-state index in [1.165, 1.54) is 0 Å². The van der Waals surface area contributed by atoms with Gasteiger partial charge in [0.25, 0.3) is 0 Å². The molecule has 0 radical (unpaired) electrons. The number of hydrogen-bond acceptors (Lipinski definition) is 4. The van der Waals surface area contributed by atoms with Crippen LogP contribution in [-0.4, -0.2) is 17.1 Å². The highest BCUT2D eigenvalue weighted by molar-refractivity contribution is 6.43. The second-order valence-electron chi connectivity index (χ2n) is 5.38. The fraction of sp³-hybridized carbons (Fsp3) is 0.167. The Balaban J connectivity index is 2.01. The number of hydrogen-bond donors (Lipinski definition) is 1. The standard InChI is InChI=1S/C18H16Cl2N4O/c1-12-22-11-24(16-9-14(25-2)8-15(19)17(16)20)18(23-12)21-10-13-6-4-3-5-7-13/h3-9,11H,10H2,1-2H3/p+1. The molecule has 1 aromatic heterocycles. The van der Waals surface area contributed by atoms with Crippen molar-refractivity contribution in [2.75, 3.05) is 12.4 Å². The number of nitrogens with one attached hydrogen (secondary N) is 1. The summed E-state index contributed by atoms with van der Waals surface area (Å²) in [5.74, 6) is 1.87. The number of ether oxygens (including phenoxy) is 1. The zero-order valence-corrected chi connectivity index (χ0v) is 15.3. The third-order valence-corrected chi connectivity index (χ3v) is 4.42. The molecule has 0 atom stereocenters. The smallest absolute Gasteiger partial charge is 0.355 e. The molecule has 128 valence electrons. The summed E-state index contributed by atoms with van der Waals surface area (Å²) in [5, 5.41) is 4.13. The number of anilines is 1. The van der Waals surface area contributed by atoms with Gasteiger partial charge in [0.05, 0.1) is 23.7 Å². The Labute approximate surface area is 156 Å². The molecule has 1 N–H and O–H groups in total. The SMILES string of the molecule is COc1cc(Cl)c(Cl)c(-[n+]2cnc(C)nc2NCc2ccccc2)c1. The van der Waals surface area contributed by atoms with Crippen molar-refractivity contribution in [2.45, 2.75) is 13.5 Å². The normalized spacial score (nSPS) is 10.6. The lowest BCUT2D eigenvalue weighted by molar-refractivity contribution is -0.587. The Morgan fingerprint density at radius 3 is 2.64 bits per heavy atom. The largest absolute Gasteiger partial charge is 0.497 e. The molecule has 2 aromatic carbocycles. The van der Waals surface area contributed by atoms with E-state index in [0.29, 0.717) is 39.8 Å². The van der Waals surface area contributed by atoms with Crippen molar-refractivity contribution in [3.63, 3.8) is 0 Å². The highest BCUT2D eigenvalue weighted by atomic mass is 35.5. The molecule has 0 unspecified atom stereocenters. The number of aryl methyl sites for hydroxylation is 1. The van der Waals surface area contributed by atoms with Crippen LogP contribution in [0.4, 0.5) is 5.95 Å². The number of aromatic nitrogens is 3. The predicted octanol–water partition coefficient (Wildman–Crippen LogP) is 3.99. The van der Waals surface area contributed by atoms with E-state index in [4.69, 9.17) is 27.9 Å². The summed E-state index contributed by atoms with van der Waals surface area (Å²) in [7, 11) is 1.58. The van der Waals surface area contributed by atoms with Crippen LogP contribution in [0.2, 0.25) is 10.0 Å². The monoisotopic (exact) mass is 375 g/mol. The molecule has 0 bridgehead atoms. The predicted molar refractivity (Wildman–Crippen MR) is 98.6 cm³/mol. The maximum atomic E-state index is 6.39. The second-order valence-corrected chi connectivity index (χ2v) is 6.16. The summed E-state index contributed by atoms with van der Waals surface area (Å²) in [6, 6.07) is 13.5. The Morgan fingerprint density at radius 2 is 1.92 bits per heavy atom. The fourth-order valence-electron chi connectivity index (χ4n) is 2.35. The first-order valence-corrected chi connectivity index (χ1v) is 8.40. The fourth-order valence-corrected chi connectivity index (χ4v) is 2.76. The minimum Gasteiger partial charge on any atom is -0.497 e. The van der Waals surface area contributed by atoms with Crippen molar-refractivity contribution in [3.05, 3.63) is 70.2 Å². The van der Waals surface area contributed by atoms with Crippen molar-refractivity contribution >= 4 is 29.2 Å². The minimum atomic E-state index is 0.401. The topological polar surface area (TPSA) is 50.9 Å². The van der Waals surface area contributed by atoms with Crippen molar-refractivity contribution in [1.82, 2.24) is 9.97 Å². The Kier molecular flexibility index (Phi) is 5.36. The number of rotatable bonds is 5. The summed E-state index contributed by atoms with van der Waals surface area (Å²) >= 11 is 12.6. The highest BCUT2D eigenvalue weighted by Crippen LogP contribution is 2.31. The van der Waals surface area contributed by atoms with Gasteiger partial charge in [-0.05, 0) is 5.56 Å². The molecule has 3 rings (SSSR count). The molecule has 5 nitrogen and oxygen atoms in total. The lowest BCUT2D eigenvalue weighted by atomic mass is 10.2. The zero-order valence-electron chi connectivity index (χ0n) is 13.8. The van der Waals surface area contributed by atoms with E-state index in [0.717, 1.165) is 5.56 Å². The average Bonchev–Trinajstić information content (AvgIpc) is 2.63. The lowest BCUT2D eigenvalue weighted by Gasteiger charge is -2.11. The van der Waals surface area contributed by atoms with Crippen LogP contribution in [0.3, 0.4) is 0 Å². The molecule has 25 heavy (non-hydrogen) atoms. The van der Waals surface area contributed by atoms with Gasteiger partial charge in [-0.15, -0.1) is 4.98 Å². The summed E-state index contributed by atoms with van der Waals surface area (Å²) < 4.78 is 7.04. The molecular formula is C18H17Cl2N4O+. The van der Waals surface area contributed by atoms with Gasteiger partial charge in [-0.2, -0.15) is 4.57 Å². The molecule has 0 spiro atoms. The van der Waals surface area contributed by atoms with Gasteiger partial charge in [-0.3, -0.25) is 5.32 Å². The lowest BCUT2D eigenvalue weighted by Crippen LogP contribution is -2.37. The molecule has 0 amide bonds. The van der Waals surface area contributed by atoms with Crippen LogP contribution < -0.4 is 14.6 Å². The summed E-state index contributed by atoms with van der Waals surface area (Å²) in [4.78, 5) is 8.76. The number of nitrogens with zero attached hydrogens (tertiary/aromatic N) is 3. The maximum absolute atomic E-state index is 6.39. The molecule has 0 fully saturated rings. The van der Waals surface area contributed by atoms with Gasteiger partial charge in [0.2, 0.25) is 12.2 Å². The average molecular weight is 376 g/mol. The van der Waals surface area contributed by atoms with Crippen molar-refractivity contribution < 1.29 is 9.30 Å². The van der Waals surface area contributed by atoms with Crippen LogP contribution >= 0.6 is 23.2 Å². The van der Waals surface area contributed by atoms with Gasteiger partial charge >= 0.3 is 5.95 Å². The first-order valence-electron chi connectivity index (χ1n) is 7.65. The second kappa shape index (κ2) is 7.68. The number of halogens is 2. The Hall–Kier alpha value is -2.37. The van der Waals surface area contributed by atoms with Gasteiger partial charge in [0, 0.05) is 19.1 Å². The first kappa shape index (κ1) is 17.5. The zero-order chi connectivity index (χ0) is 17.8. The summed E-state index contributed by atoms with van der Waals surface area (Å²) in [5.41, 5.74) is 1.78. The summed E-state index contributed by atoms with van der Waals surface area (Å²) in [6.07, 6.45) is 1.66. The van der Waals surface area contributed by atoms with Crippen molar-refractivity contribution in [2.24, 2.45) is 0 Å². The van der Waals surface area contributed by atoms with Crippen LogP contribution in [0.15, 0.2) is 48.8 Å². The third-order valence-electron chi connectivity index (χ3n) is 3.63. The molecule has 3 aromatic rings. The van der Waals surface area contributed by atoms with Crippen molar-refractivity contribution in [3.8, 4) is 11.4 Å². The maximum Gasteiger partial charge on any atom is 0.355 e. The Morgan fingerprint density at radius 1 is 1.16 bits per heavy atom. The highest BCUT2D eigenvalue weighted by Gasteiger charge is 2.19. The van der Waals surface area contributed by atoms with Crippen molar-refractivity contribution in [1.29, 1.82) is 0 Å². The molecule has 0 aliphatic heterocycles. The van der Waals surface area contributed by atoms with Gasteiger partial charge in [0.15, 0.2) is 0 Å². The molecule has 0 aliphatic carbocycles. The van der Waals surface area contributed by atoms with Gasteiger partial charge in [0.1, 0.15) is 11.4 Å². The summed E-state index contributed by atoms with van der Waals surface area (Å²) in [6.45, 7) is 2.45. The van der Waals surface area contributed by atoms with Gasteiger partial charge in [-0.25, -0.2) is 0 Å². The van der Waals surface area contributed by atoms with E-state index in [1.54, 1.807) is 30.1 Å². The van der Waals surface area contributed by atoms with Crippen LogP contribution in [0.25, 0.3) is 5.69 Å². The quantitative estimate of drug-likeness (QED) is 0.685. The van der Waals surface area contributed by atoms with E-state index in [-0.39, 0.29) is 0 Å². The number of methoxy groups -OCH3 is 1. The molecule has 0 saturated heterocycles. The van der Waals surface area contributed by atoms with E-state index >= 15 is 0 Å². The number of benzene rings is 2. The van der Waals surface area contributed by atoms with E-state index < -0.39 is 0 Å². The molecule has 0 saturated carbocycles. The Bertz CT molecular complexity index is 888. The van der Waals surface area contributed by atoms with E-state index in [9.17, 15) is 0 Å². The van der Waals surface area contributed by atoms with Crippen LogP contribution in [0, 0.1) is 6.92 Å². The molecule has 7 heteroatoms. The van der Waals surface area contributed by atoms with Crippen LogP contribution in [0.1, 0.15) is 11.4 Å². The van der Waals surface area contributed by atoms with E-state index in [2.05, 4.69) is 15.3 Å². The molecule has 0 aliphatic rings. The minimum absolute atomic E-state index is 0.401. The van der Waals surface area contributed by atoms with Crippen LogP contribution in [0.5, 0.6) is 5.75 Å². The first-order chi connectivity index (χ1) is 12.1. The third kappa shape index (κ3) is 4.00. The van der Waals surface area contributed by atoms with Crippen LogP contribution in [-0.2, 0) is 6.54 Å². The molecular weight excluding hydrogens is 359 g/mol. The van der Waals surface area contributed by atoms with Gasteiger partial charge < -0.3 is 4.74 Å².